The monoisotopic (exact) mass is 197 g/mol. The van der Waals surface area contributed by atoms with E-state index in [-0.39, 0.29) is 5.75 Å². The molecule has 3 N–H and O–H groups in total. The summed E-state index contributed by atoms with van der Waals surface area (Å²) < 4.78 is 1.79. The van der Waals surface area contributed by atoms with Crippen molar-refractivity contribution in [2.75, 3.05) is 24.8 Å². The molecule has 2 aromatic heterocycles. The number of thiophene rings is 1. The van der Waals surface area contributed by atoms with Crippen LogP contribution < -0.4 is 10.7 Å². The zero-order valence-electron chi connectivity index (χ0n) is 7.48. The number of nitrogens with zero attached hydrogens (tertiary/aromatic N) is 2. The summed E-state index contributed by atoms with van der Waals surface area (Å²) in [5.41, 5.74) is 5.74. The number of rotatable bonds is 1. The summed E-state index contributed by atoms with van der Waals surface area (Å²) in [6.45, 7) is 0. The minimum atomic E-state index is 0.171. The molecule has 0 atom stereocenters. The van der Waals surface area contributed by atoms with Crippen LogP contribution >= 0.6 is 11.3 Å². The summed E-state index contributed by atoms with van der Waals surface area (Å²) in [7, 11) is 3.77. The molecule has 0 radical (unpaired) electrons. The lowest BCUT2D eigenvalue weighted by Gasteiger charge is -2.16. The Morgan fingerprint density at radius 1 is 1.54 bits per heavy atom. The minimum Gasteiger partial charge on any atom is -0.504 e. The molecular weight excluding hydrogens is 186 g/mol. The lowest BCUT2D eigenvalue weighted by molar-refractivity contribution is 0.482. The minimum absolute atomic E-state index is 0.171. The SMILES string of the molecule is CN(C)n1c(N)c(O)c2ccsc21. The number of nitrogen functional groups attached to an aromatic ring is 1. The predicted octanol–water partition coefficient (Wildman–Crippen LogP) is 1.19. The van der Waals surface area contributed by atoms with Gasteiger partial charge in [0.25, 0.3) is 0 Å². The zero-order chi connectivity index (χ0) is 9.59. The fourth-order valence-corrected chi connectivity index (χ4v) is 2.38. The average molecular weight is 197 g/mol. The van der Waals surface area contributed by atoms with Gasteiger partial charge in [-0.3, -0.25) is 0 Å². The third-order valence-corrected chi connectivity index (χ3v) is 2.85. The molecule has 2 rings (SSSR count). The first kappa shape index (κ1) is 8.25. The molecule has 0 aromatic carbocycles. The van der Waals surface area contributed by atoms with Gasteiger partial charge in [0.1, 0.15) is 4.83 Å². The third kappa shape index (κ3) is 0.968. The molecule has 0 fully saturated rings. The molecule has 0 amide bonds. The molecule has 0 aliphatic heterocycles. The Balaban J connectivity index is 2.84. The van der Waals surface area contributed by atoms with Crippen molar-refractivity contribution in [2.45, 2.75) is 0 Å². The molecule has 5 heteroatoms. The maximum atomic E-state index is 9.65. The van der Waals surface area contributed by atoms with Gasteiger partial charge in [0.2, 0.25) is 0 Å². The van der Waals surface area contributed by atoms with E-state index in [0.29, 0.717) is 5.82 Å². The van der Waals surface area contributed by atoms with E-state index < -0.39 is 0 Å². The summed E-state index contributed by atoms with van der Waals surface area (Å²) in [6, 6.07) is 1.87. The molecule has 2 aromatic rings. The zero-order valence-corrected chi connectivity index (χ0v) is 8.30. The maximum Gasteiger partial charge on any atom is 0.168 e. The number of hydrogen-bond acceptors (Lipinski definition) is 4. The summed E-state index contributed by atoms with van der Waals surface area (Å²) in [5.74, 6) is 0.566. The highest BCUT2D eigenvalue weighted by atomic mass is 32.1. The first-order chi connectivity index (χ1) is 6.13. The lowest BCUT2D eigenvalue weighted by Crippen LogP contribution is -2.25. The lowest BCUT2D eigenvalue weighted by atomic mass is 10.4. The van der Waals surface area contributed by atoms with Crippen molar-refractivity contribution in [2.24, 2.45) is 0 Å². The second-order valence-electron chi connectivity index (χ2n) is 3.03. The molecule has 2 heterocycles. The van der Waals surface area contributed by atoms with Crippen molar-refractivity contribution in [3.63, 3.8) is 0 Å². The van der Waals surface area contributed by atoms with Crippen LogP contribution in [0.25, 0.3) is 10.2 Å². The summed E-state index contributed by atoms with van der Waals surface area (Å²) in [5, 5.41) is 14.2. The van der Waals surface area contributed by atoms with E-state index in [1.807, 2.05) is 30.6 Å². The van der Waals surface area contributed by atoms with E-state index in [1.54, 1.807) is 16.0 Å². The van der Waals surface area contributed by atoms with Crippen LogP contribution in [0.15, 0.2) is 11.4 Å². The summed E-state index contributed by atoms with van der Waals surface area (Å²) >= 11 is 1.56. The smallest absolute Gasteiger partial charge is 0.168 e. The molecule has 0 saturated carbocycles. The molecule has 13 heavy (non-hydrogen) atoms. The highest BCUT2D eigenvalue weighted by molar-refractivity contribution is 7.17. The van der Waals surface area contributed by atoms with Gasteiger partial charge in [-0.1, -0.05) is 0 Å². The van der Waals surface area contributed by atoms with Crippen molar-refractivity contribution in [3.8, 4) is 5.75 Å². The second kappa shape index (κ2) is 2.56. The van der Waals surface area contributed by atoms with Crippen molar-refractivity contribution < 1.29 is 5.11 Å². The van der Waals surface area contributed by atoms with E-state index in [1.165, 1.54) is 0 Å². The normalized spacial score (nSPS) is 10.9. The van der Waals surface area contributed by atoms with Gasteiger partial charge in [0, 0.05) is 14.1 Å². The van der Waals surface area contributed by atoms with Gasteiger partial charge in [-0.15, -0.1) is 11.3 Å². The van der Waals surface area contributed by atoms with E-state index in [0.717, 1.165) is 10.2 Å². The molecule has 70 valence electrons. The first-order valence-electron chi connectivity index (χ1n) is 3.87. The number of hydrogen-bond donors (Lipinski definition) is 2. The average Bonchev–Trinajstić information content (AvgIpc) is 2.57. The van der Waals surface area contributed by atoms with E-state index in [2.05, 4.69) is 0 Å². The van der Waals surface area contributed by atoms with Gasteiger partial charge in [0.05, 0.1) is 5.39 Å². The van der Waals surface area contributed by atoms with Crippen LogP contribution in [0, 0.1) is 0 Å². The molecule has 0 aliphatic carbocycles. The topological polar surface area (TPSA) is 54.4 Å². The summed E-state index contributed by atoms with van der Waals surface area (Å²) in [4.78, 5) is 0.972. The number of nitrogens with two attached hydrogens (primary N) is 1. The molecule has 0 bridgehead atoms. The fourth-order valence-electron chi connectivity index (χ4n) is 1.39. The molecular formula is C8H11N3OS. The Labute approximate surface area is 79.8 Å². The highest BCUT2D eigenvalue weighted by Crippen LogP contribution is 2.36. The van der Waals surface area contributed by atoms with Gasteiger partial charge in [-0.05, 0) is 11.4 Å². The van der Waals surface area contributed by atoms with Gasteiger partial charge in [-0.2, -0.15) is 0 Å². The van der Waals surface area contributed by atoms with Crippen LogP contribution in [0.3, 0.4) is 0 Å². The van der Waals surface area contributed by atoms with E-state index >= 15 is 0 Å². The van der Waals surface area contributed by atoms with Gasteiger partial charge in [0.15, 0.2) is 11.6 Å². The molecule has 0 spiro atoms. The Morgan fingerprint density at radius 2 is 2.23 bits per heavy atom. The Hall–Kier alpha value is -1.36. The van der Waals surface area contributed by atoms with Crippen LogP contribution in [-0.2, 0) is 0 Å². The van der Waals surface area contributed by atoms with Gasteiger partial charge < -0.3 is 15.8 Å². The largest absolute Gasteiger partial charge is 0.504 e. The van der Waals surface area contributed by atoms with Crippen LogP contribution in [0.4, 0.5) is 5.82 Å². The van der Waals surface area contributed by atoms with Crippen molar-refractivity contribution in [1.82, 2.24) is 4.68 Å². The number of anilines is 1. The number of aromatic nitrogens is 1. The Morgan fingerprint density at radius 3 is 2.85 bits per heavy atom. The van der Waals surface area contributed by atoms with Gasteiger partial charge in [-0.25, -0.2) is 4.68 Å². The van der Waals surface area contributed by atoms with E-state index in [4.69, 9.17) is 5.73 Å². The van der Waals surface area contributed by atoms with Gasteiger partial charge >= 0.3 is 0 Å². The Kier molecular flexibility index (Phi) is 1.63. The maximum absolute atomic E-state index is 9.65. The van der Waals surface area contributed by atoms with Crippen molar-refractivity contribution in [3.05, 3.63) is 11.4 Å². The molecule has 0 aliphatic rings. The standard InChI is InChI=1S/C8H11N3OS/c1-10(2)11-7(9)6(12)5-3-4-13-8(5)11/h3-4,12H,9H2,1-2H3. The van der Waals surface area contributed by atoms with Crippen LogP contribution in [-0.4, -0.2) is 23.9 Å². The van der Waals surface area contributed by atoms with Crippen LogP contribution in [0.5, 0.6) is 5.75 Å². The highest BCUT2D eigenvalue weighted by Gasteiger charge is 2.15. The molecule has 0 unspecified atom stereocenters. The number of fused-ring (bicyclic) bond motifs is 1. The van der Waals surface area contributed by atoms with Crippen LogP contribution in [0.2, 0.25) is 0 Å². The Bertz CT molecular complexity index is 443. The fraction of sp³-hybridized carbons (Fsp3) is 0.250. The van der Waals surface area contributed by atoms with E-state index in [9.17, 15) is 5.11 Å². The summed E-state index contributed by atoms with van der Waals surface area (Å²) in [6.07, 6.45) is 0. The molecule has 4 nitrogen and oxygen atoms in total. The predicted molar refractivity (Wildman–Crippen MR) is 56.0 cm³/mol. The first-order valence-corrected chi connectivity index (χ1v) is 4.75. The van der Waals surface area contributed by atoms with Crippen LogP contribution in [0.1, 0.15) is 0 Å². The van der Waals surface area contributed by atoms with Crippen molar-refractivity contribution in [1.29, 1.82) is 0 Å². The second-order valence-corrected chi connectivity index (χ2v) is 3.93. The number of aromatic hydroxyl groups is 1. The quantitative estimate of drug-likeness (QED) is 0.722. The van der Waals surface area contributed by atoms with Crippen molar-refractivity contribution >= 4 is 27.4 Å². The molecule has 0 saturated heterocycles. The third-order valence-electron chi connectivity index (χ3n) is 1.96.